The molecular formula is C21H12FN7OS. The molecule has 0 radical (unpaired) electrons. The highest BCUT2D eigenvalue weighted by Crippen LogP contribution is 2.33. The van der Waals surface area contributed by atoms with Crippen LogP contribution in [-0.2, 0) is 0 Å². The van der Waals surface area contributed by atoms with E-state index in [2.05, 4.69) is 30.1 Å². The molecule has 0 aromatic carbocycles. The first-order chi connectivity index (χ1) is 15.2. The zero-order valence-electron chi connectivity index (χ0n) is 15.7. The van der Waals surface area contributed by atoms with E-state index in [1.807, 2.05) is 12.1 Å². The molecule has 6 aromatic rings. The van der Waals surface area contributed by atoms with Crippen LogP contribution in [-0.4, -0.2) is 40.2 Å². The van der Waals surface area contributed by atoms with Crippen molar-refractivity contribution in [3.05, 3.63) is 60.3 Å². The van der Waals surface area contributed by atoms with E-state index < -0.39 is 0 Å². The molecule has 0 saturated heterocycles. The zero-order chi connectivity index (χ0) is 20.9. The molecule has 8 nitrogen and oxygen atoms in total. The predicted octanol–water partition coefficient (Wildman–Crippen LogP) is 4.53. The topological polar surface area (TPSA) is 116 Å². The number of hydrogen-bond donors (Lipinski definition) is 3. The van der Waals surface area contributed by atoms with Crippen LogP contribution < -0.4 is 0 Å². The van der Waals surface area contributed by atoms with Gasteiger partial charge in [-0.2, -0.15) is 9.49 Å². The number of thiophene rings is 1. The number of aromatic nitrogens is 7. The van der Waals surface area contributed by atoms with Crippen molar-refractivity contribution >= 4 is 33.4 Å². The minimum atomic E-state index is -0.275. The van der Waals surface area contributed by atoms with E-state index in [-0.39, 0.29) is 10.9 Å². The molecule has 0 bridgehead atoms. The molecule has 0 amide bonds. The van der Waals surface area contributed by atoms with Crippen LogP contribution in [0.3, 0.4) is 0 Å². The number of rotatable bonds is 3. The fraction of sp³-hybridized carbons (Fsp3) is 0. The van der Waals surface area contributed by atoms with E-state index in [4.69, 9.17) is 4.98 Å². The van der Waals surface area contributed by atoms with Gasteiger partial charge in [0, 0.05) is 29.7 Å². The summed E-state index contributed by atoms with van der Waals surface area (Å²) in [5.41, 5.74) is 4.73. The Morgan fingerprint density at radius 2 is 1.87 bits per heavy atom. The lowest BCUT2D eigenvalue weighted by Gasteiger charge is -2.02. The molecular weight excluding hydrogens is 417 g/mol. The van der Waals surface area contributed by atoms with Crippen molar-refractivity contribution in [1.82, 2.24) is 35.1 Å². The summed E-state index contributed by atoms with van der Waals surface area (Å²) in [5.74, 6) is 0.618. The number of H-pyrrole nitrogens is 2. The fourth-order valence-electron chi connectivity index (χ4n) is 3.50. The minimum Gasteiger partial charge on any atom is -0.506 e. The molecule has 0 aliphatic rings. The summed E-state index contributed by atoms with van der Waals surface area (Å²) in [5, 5.41) is 17.5. The van der Waals surface area contributed by atoms with E-state index in [1.54, 1.807) is 30.7 Å². The van der Waals surface area contributed by atoms with Crippen molar-refractivity contribution < 1.29 is 9.50 Å². The molecule has 6 aromatic heterocycles. The van der Waals surface area contributed by atoms with Gasteiger partial charge >= 0.3 is 0 Å². The molecule has 6 heterocycles. The molecule has 0 fully saturated rings. The first kappa shape index (κ1) is 17.7. The number of imidazole rings is 1. The normalized spacial score (nSPS) is 11.5. The molecule has 0 spiro atoms. The van der Waals surface area contributed by atoms with Crippen LogP contribution in [0.25, 0.3) is 55.3 Å². The van der Waals surface area contributed by atoms with Gasteiger partial charge in [0.25, 0.3) is 0 Å². The molecule has 31 heavy (non-hydrogen) atoms. The largest absolute Gasteiger partial charge is 0.506 e. The molecule has 0 saturated carbocycles. The number of pyridine rings is 3. The van der Waals surface area contributed by atoms with Crippen LogP contribution in [0.1, 0.15) is 0 Å². The third-order valence-electron chi connectivity index (χ3n) is 4.91. The Morgan fingerprint density at radius 3 is 2.71 bits per heavy atom. The van der Waals surface area contributed by atoms with E-state index in [0.29, 0.717) is 33.3 Å². The maximum absolute atomic E-state index is 13.5. The molecule has 0 unspecified atom stereocenters. The Hall–Kier alpha value is -4.18. The van der Waals surface area contributed by atoms with Crippen LogP contribution in [0.2, 0.25) is 0 Å². The van der Waals surface area contributed by atoms with Crippen LogP contribution in [0.15, 0.2) is 55.1 Å². The Morgan fingerprint density at radius 1 is 0.968 bits per heavy atom. The predicted molar refractivity (Wildman–Crippen MR) is 115 cm³/mol. The monoisotopic (exact) mass is 429 g/mol. The average Bonchev–Trinajstić information content (AvgIpc) is 3.50. The van der Waals surface area contributed by atoms with Crippen molar-refractivity contribution in [2.75, 3.05) is 0 Å². The first-order valence-electron chi connectivity index (χ1n) is 9.25. The Bertz CT molecular complexity index is 1590. The maximum Gasteiger partial charge on any atom is 0.177 e. The third-order valence-corrected chi connectivity index (χ3v) is 5.79. The number of hydrogen-bond acceptors (Lipinski definition) is 7. The second-order valence-electron chi connectivity index (χ2n) is 6.87. The summed E-state index contributed by atoms with van der Waals surface area (Å²) in [7, 11) is 0. The first-order valence-corrected chi connectivity index (χ1v) is 10.1. The van der Waals surface area contributed by atoms with Gasteiger partial charge in [-0.05, 0) is 30.3 Å². The number of nitrogens with one attached hydrogen (secondary N) is 2. The Labute approximate surface area is 177 Å². The van der Waals surface area contributed by atoms with Crippen molar-refractivity contribution in [2.24, 2.45) is 0 Å². The van der Waals surface area contributed by atoms with E-state index in [0.717, 1.165) is 33.4 Å². The van der Waals surface area contributed by atoms with Crippen molar-refractivity contribution in [1.29, 1.82) is 0 Å². The van der Waals surface area contributed by atoms with Crippen LogP contribution in [0.5, 0.6) is 5.75 Å². The van der Waals surface area contributed by atoms with Gasteiger partial charge in [-0.15, -0.1) is 11.3 Å². The smallest absolute Gasteiger partial charge is 0.177 e. The quantitative estimate of drug-likeness (QED) is 0.381. The van der Waals surface area contributed by atoms with Gasteiger partial charge in [0.1, 0.15) is 22.7 Å². The lowest BCUT2D eigenvalue weighted by atomic mass is 10.1. The second kappa shape index (κ2) is 6.67. The van der Waals surface area contributed by atoms with Gasteiger partial charge in [-0.1, -0.05) is 0 Å². The van der Waals surface area contributed by atoms with Gasteiger partial charge < -0.3 is 10.1 Å². The molecule has 6 rings (SSSR count). The van der Waals surface area contributed by atoms with Gasteiger partial charge in [0.2, 0.25) is 0 Å². The highest BCUT2D eigenvalue weighted by atomic mass is 32.1. The number of aromatic amines is 2. The van der Waals surface area contributed by atoms with Gasteiger partial charge in [0.15, 0.2) is 16.6 Å². The van der Waals surface area contributed by atoms with E-state index in [1.165, 1.54) is 12.3 Å². The number of halogens is 1. The van der Waals surface area contributed by atoms with E-state index >= 15 is 0 Å². The lowest BCUT2D eigenvalue weighted by molar-refractivity contribution is 0.473. The summed E-state index contributed by atoms with van der Waals surface area (Å²) >= 11 is 1.02. The number of fused-ring (bicyclic) bond motifs is 2. The number of aromatic hydroxyl groups is 1. The standard InChI is InChI=1S/C21H12FN7OS/c22-16-2-1-15(31-16)19-18-14(3-4-24-19)26-21(27-18)17-13-6-11(8-25-20(13)29-28-17)10-5-12(30)9-23-7-10/h1-9,30H,(H,26,27)(H,25,28,29). The molecule has 3 N–H and O–H groups in total. The summed E-state index contributed by atoms with van der Waals surface area (Å²) in [6.45, 7) is 0. The molecule has 0 aliphatic heterocycles. The SMILES string of the molecule is Oc1cncc(-c2cnc3[nH]nc(-c4nc5c(-c6ccc(F)s6)nccc5[nH]4)c3c2)c1. The minimum absolute atomic E-state index is 0.0762. The highest BCUT2D eigenvalue weighted by molar-refractivity contribution is 7.13. The average molecular weight is 429 g/mol. The van der Waals surface area contributed by atoms with Crippen molar-refractivity contribution in [3.63, 3.8) is 0 Å². The van der Waals surface area contributed by atoms with Gasteiger partial charge in [-0.3, -0.25) is 15.1 Å². The summed E-state index contributed by atoms with van der Waals surface area (Å²) in [6, 6.07) is 8.46. The van der Waals surface area contributed by atoms with Crippen LogP contribution >= 0.6 is 11.3 Å². The van der Waals surface area contributed by atoms with Gasteiger partial charge in [-0.25, -0.2) is 9.97 Å². The molecule has 10 heteroatoms. The second-order valence-corrected chi connectivity index (χ2v) is 7.90. The lowest BCUT2D eigenvalue weighted by Crippen LogP contribution is -1.85. The van der Waals surface area contributed by atoms with Crippen LogP contribution in [0, 0.1) is 5.13 Å². The Balaban J connectivity index is 1.51. The van der Waals surface area contributed by atoms with Crippen molar-refractivity contribution in [3.8, 4) is 39.0 Å². The summed E-state index contributed by atoms with van der Waals surface area (Å²) < 4.78 is 13.5. The Kier molecular flexibility index (Phi) is 3.80. The fourth-order valence-corrected chi connectivity index (χ4v) is 4.23. The highest BCUT2D eigenvalue weighted by Gasteiger charge is 2.17. The zero-order valence-corrected chi connectivity index (χ0v) is 16.5. The number of nitrogens with zero attached hydrogens (tertiary/aromatic N) is 5. The molecule has 0 atom stereocenters. The maximum atomic E-state index is 13.5. The molecule has 150 valence electrons. The van der Waals surface area contributed by atoms with Crippen LogP contribution in [0.4, 0.5) is 4.39 Å². The summed E-state index contributed by atoms with van der Waals surface area (Å²) in [6.07, 6.45) is 6.38. The van der Waals surface area contributed by atoms with E-state index in [9.17, 15) is 9.50 Å². The third kappa shape index (κ3) is 2.92. The van der Waals surface area contributed by atoms with Gasteiger partial charge in [0.05, 0.1) is 22.0 Å². The summed E-state index contributed by atoms with van der Waals surface area (Å²) in [4.78, 5) is 21.5. The van der Waals surface area contributed by atoms with Crippen molar-refractivity contribution in [2.45, 2.75) is 0 Å². The molecule has 0 aliphatic carbocycles.